The quantitative estimate of drug-likeness (QED) is 0.711. The molecule has 6 nitrogen and oxygen atoms in total. The van der Waals surface area contributed by atoms with Gasteiger partial charge in [-0.25, -0.2) is 8.70 Å². The number of amides is 1. The monoisotopic (exact) mass is 421 g/mol. The van der Waals surface area contributed by atoms with E-state index in [0.717, 1.165) is 37.4 Å². The normalized spacial score (nSPS) is 12.7. The van der Waals surface area contributed by atoms with E-state index in [0.29, 0.717) is 6.42 Å². The first kappa shape index (κ1) is 22.8. The molecule has 0 heterocycles. The Hall–Kier alpha value is -2.45. The molecule has 0 aromatic heterocycles. The summed E-state index contributed by atoms with van der Waals surface area (Å²) < 4.78 is 40.8. The van der Waals surface area contributed by atoms with Crippen molar-refractivity contribution < 1.29 is 17.6 Å². The molecule has 1 N–H and O–H groups in total. The summed E-state index contributed by atoms with van der Waals surface area (Å²) in [6.07, 6.45) is 0.659. The van der Waals surface area contributed by atoms with Gasteiger partial charge in [-0.2, -0.15) is 12.7 Å². The van der Waals surface area contributed by atoms with E-state index in [-0.39, 0.29) is 11.7 Å². The van der Waals surface area contributed by atoms with Crippen LogP contribution in [-0.2, 0) is 15.0 Å². The van der Waals surface area contributed by atoms with Gasteiger partial charge in [0.05, 0.1) is 11.7 Å². The first-order valence-corrected chi connectivity index (χ1v) is 10.8. The lowest BCUT2D eigenvalue weighted by Crippen LogP contribution is -2.46. The van der Waals surface area contributed by atoms with E-state index < -0.39 is 28.5 Å². The molecule has 2 aromatic rings. The molecule has 0 radical (unpaired) electrons. The fourth-order valence-corrected chi connectivity index (χ4v) is 4.16. The van der Waals surface area contributed by atoms with E-state index in [1.54, 1.807) is 0 Å². The zero-order valence-corrected chi connectivity index (χ0v) is 18.3. The molecule has 0 spiro atoms. The minimum absolute atomic E-state index is 0.217. The zero-order valence-electron chi connectivity index (χ0n) is 17.4. The predicted octanol–water partition coefficient (Wildman–Crippen LogP) is 3.32. The number of aryl methyl sites for hydroxylation is 2. The molecule has 2 aromatic carbocycles. The van der Waals surface area contributed by atoms with Crippen LogP contribution in [0.3, 0.4) is 0 Å². The molecule has 158 valence electrons. The summed E-state index contributed by atoms with van der Waals surface area (Å²) >= 11 is 0. The van der Waals surface area contributed by atoms with Crippen molar-refractivity contribution in [2.75, 3.05) is 24.9 Å². The molecular weight excluding hydrogens is 393 g/mol. The second-order valence-electron chi connectivity index (χ2n) is 7.16. The van der Waals surface area contributed by atoms with Crippen LogP contribution in [0.1, 0.15) is 36.1 Å². The Morgan fingerprint density at radius 1 is 1.10 bits per heavy atom. The number of halogens is 1. The fraction of sp³-hybridized carbons (Fsp3) is 0.381. The van der Waals surface area contributed by atoms with Gasteiger partial charge < -0.3 is 5.32 Å². The second-order valence-corrected chi connectivity index (χ2v) is 9.23. The largest absolute Gasteiger partial charge is 0.348 e. The van der Waals surface area contributed by atoms with E-state index in [1.165, 1.54) is 26.2 Å². The van der Waals surface area contributed by atoms with Crippen LogP contribution < -0.4 is 9.62 Å². The smallest absolute Gasteiger partial charge is 0.304 e. The van der Waals surface area contributed by atoms with Crippen molar-refractivity contribution in [1.29, 1.82) is 0 Å². The highest BCUT2D eigenvalue weighted by atomic mass is 32.2. The lowest BCUT2D eigenvalue weighted by molar-refractivity contribution is -0.120. The molecule has 0 saturated carbocycles. The van der Waals surface area contributed by atoms with E-state index in [1.807, 2.05) is 39.0 Å². The zero-order chi connectivity index (χ0) is 21.8. The molecule has 1 atom stereocenters. The number of nitrogens with one attached hydrogen (secondary N) is 1. The SMILES string of the molecule is CCC(NC(=O)CN(c1ccc(F)cc1)S(=O)(=O)N(C)C)c1ccc(C)cc1C. The van der Waals surface area contributed by atoms with Gasteiger partial charge in [0.15, 0.2) is 0 Å². The lowest BCUT2D eigenvalue weighted by atomic mass is 9.97. The number of hydrogen-bond acceptors (Lipinski definition) is 3. The van der Waals surface area contributed by atoms with Crippen molar-refractivity contribution >= 4 is 21.8 Å². The first-order chi connectivity index (χ1) is 13.6. The first-order valence-electron chi connectivity index (χ1n) is 9.38. The molecule has 0 saturated heterocycles. The third kappa shape index (κ3) is 5.55. The van der Waals surface area contributed by atoms with Crippen molar-refractivity contribution in [3.63, 3.8) is 0 Å². The molecule has 0 fully saturated rings. The van der Waals surface area contributed by atoms with Crippen LogP contribution >= 0.6 is 0 Å². The van der Waals surface area contributed by atoms with Gasteiger partial charge in [0, 0.05) is 14.1 Å². The van der Waals surface area contributed by atoms with Crippen molar-refractivity contribution in [1.82, 2.24) is 9.62 Å². The second kappa shape index (κ2) is 9.37. The average molecular weight is 422 g/mol. The van der Waals surface area contributed by atoms with E-state index in [4.69, 9.17) is 0 Å². The van der Waals surface area contributed by atoms with Gasteiger partial charge >= 0.3 is 10.2 Å². The van der Waals surface area contributed by atoms with Crippen LogP contribution in [0.4, 0.5) is 10.1 Å². The summed E-state index contributed by atoms with van der Waals surface area (Å²) in [5.41, 5.74) is 3.41. The van der Waals surface area contributed by atoms with Gasteiger partial charge in [0.2, 0.25) is 5.91 Å². The highest BCUT2D eigenvalue weighted by molar-refractivity contribution is 7.90. The Balaban J connectivity index is 2.28. The maximum absolute atomic E-state index is 13.3. The number of carbonyl (C=O) groups excluding carboxylic acids is 1. The molecule has 0 aliphatic carbocycles. The molecule has 2 rings (SSSR count). The maximum atomic E-state index is 13.3. The Morgan fingerprint density at radius 2 is 1.72 bits per heavy atom. The number of nitrogens with zero attached hydrogens (tertiary/aromatic N) is 2. The summed E-state index contributed by atoms with van der Waals surface area (Å²) in [4.78, 5) is 12.8. The molecular formula is C21H28FN3O3S. The molecule has 1 amide bonds. The van der Waals surface area contributed by atoms with E-state index in [2.05, 4.69) is 5.32 Å². The van der Waals surface area contributed by atoms with Crippen molar-refractivity contribution in [2.45, 2.75) is 33.2 Å². The van der Waals surface area contributed by atoms with Crippen LogP contribution in [0.2, 0.25) is 0 Å². The summed E-state index contributed by atoms with van der Waals surface area (Å²) in [7, 11) is -1.17. The van der Waals surface area contributed by atoms with Gasteiger partial charge in [0.1, 0.15) is 12.4 Å². The summed E-state index contributed by atoms with van der Waals surface area (Å²) in [6.45, 7) is 5.54. The Labute approximate surface area is 172 Å². The van der Waals surface area contributed by atoms with Crippen LogP contribution in [0.15, 0.2) is 42.5 Å². The lowest BCUT2D eigenvalue weighted by Gasteiger charge is -2.28. The van der Waals surface area contributed by atoms with Crippen LogP contribution in [0.25, 0.3) is 0 Å². The van der Waals surface area contributed by atoms with Crippen LogP contribution in [0, 0.1) is 19.7 Å². The minimum Gasteiger partial charge on any atom is -0.348 e. The molecule has 1 unspecified atom stereocenters. The molecule has 29 heavy (non-hydrogen) atoms. The molecule has 0 aliphatic heterocycles. The molecule has 0 bridgehead atoms. The van der Waals surface area contributed by atoms with Gasteiger partial charge in [-0.1, -0.05) is 30.7 Å². The number of rotatable bonds is 8. The van der Waals surface area contributed by atoms with Crippen molar-refractivity contribution in [2.24, 2.45) is 0 Å². The topological polar surface area (TPSA) is 69.7 Å². The van der Waals surface area contributed by atoms with Crippen LogP contribution in [-0.4, -0.2) is 39.3 Å². The van der Waals surface area contributed by atoms with Crippen molar-refractivity contribution in [3.8, 4) is 0 Å². The Morgan fingerprint density at radius 3 is 2.24 bits per heavy atom. The van der Waals surface area contributed by atoms with Gasteiger partial charge in [0.25, 0.3) is 0 Å². The van der Waals surface area contributed by atoms with Crippen LogP contribution in [0.5, 0.6) is 0 Å². The molecule has 0 aliphatic rings. The minimum atomic E-state index is -3.94. The van der Waals surface area contributed by atoms with Crippen molar-refractivity contribution in [3.05, 3.63) is 65.0 Å². The summed E-state index contributed by atoms with van der Waals surface area (Å²) in [6, 6.07) is 10.8. The highest BCUT2D eigenvalue weighted by Crippen LogP contribution is 2.23. The maximum Gasteiger partial charge on any atom is 0.304 e. The standard InChI is InChI=1S/C21H28FN3O3S/c1-6-20(19-12-7-15(2)13-16(19)3)23-21(26)14-25(29(27,28)24(4)5)18-10-8-17(22)9-11-18/h7-13,20H,6,14H2,1-5H3,(H,23,26). The number of benzene rings is 2. The van der Waals surface area contributed by atoms with Gasteiger partial charge in [-0.3, -0.25) is 4.79 Å². The van der Waals surface area contributed by atoms with Gasteiger partial charge in [-0.05, 0) is 55.7 Å². The number of hydrogen-bond donors (Lipinski definition) is 1. The third-order valence-electron chi connectivity index (χ3n) is 4.69. The Bertz CT molecular complexity index is 960. The third-order valence-corrected chi connectivity index (χ3v) is 6.51. The van der Waals surface area contributed by atoms with E-state index >= 15 is 0 Å². The van der Waals surface area contributed by atoms with E-state index in [9.17, 15) is 17.6 Å². The fourth-order valence-electron chi connectivity index (χ4n) is 3.10. The van der Waals surface area contributed by atoms with Gasteiger partial charge in [-0.15, -0.1) is 0 Å². The number of anilines is 1. The summed E-state index contributed by atoms with van der Waals surface area (Å²) in [5.74, 6) is -0.923. The predicted molar refractivity (Wildman–Crippen MR) is 113 cm³/mol. The highest BCUT2D eigenvalue weighted by Gasteiger charge is 2.28. The summed E-state index contributed by atoms with van der Waals surface area (Å²) in [5, 5.41) is 2.93. The number of carbonyl (C=O) groups is 1. The Kier molecular flexibility index (Phi) is 7.37. The average Bonchev–Trinajstić information content (AvgIpc) is 2.65. The molecule has 8 heteroatoms.